The minimum Gasteiger partial charge on any atom is -0.370 e. The Bertz CT molecular complexity index is 262. The van der Waals surface area contributed by atoms with Crippen LogP contribution in [0.5, 0.6) is 0 Å². The number of carbonyl (C=O) groups excluding carboxylic acids is 1. The van der Waals surface area contributed by atoms with Gasteiger partial charge in [0, 0.05) is 6.04 Å². The summed E-state index contributed by atoms with van der Waals surface area (Å²) < 4.78 is 0. The maximum atomic E-state index is 12.2. The Kier molecular flexibility index (Phi) is 7.42. The summed E-state index contributed by atoms with van der Waals surface area (Å²) in [5.74, 6) is 0.123. The molecule has 0 aromatic heterocycles. The van der Waals surface area contributed by atoms with Crippen molar-refractivity contribution in [2.45, 2.75) is 95.9 Å². The Hall–Kier alpha value is -0.570. The predicted molar refractivity (Wildman–Crippen MR) is 81.1 cm³/mol. The highest BCUT2D eigenvalue weighted by Gasteiger charge is 2.22. The van der Waals surface area contributed by atoms with Gasteiger partial charge in [-0.1, -0.05) is 64.2 Å². The molecule has 2 rings (SSSR count). The maximum absolute atomic E-state index is 12.2. The van der Waals surface area contributed by atoms with Crippen molar-refractivity contribution in [3.8, 4) is 0 Å². The van der Waals surface area contributed by atoms with E-state index in [0.29, 0.717) is 6.04 Å². The van der Waals surface area contributed by atoms with Crippen molar-refractivity contribution < 1.29 is 9.63 Å². The summed E-state index contributed by atoms with van der Waals surface area (Å²) in [6, 6.07) is 0.404. The summed E-state index contributed by atoms with van der Waals surface area (Å²) in [6.45, 7) is 0. The largest absolute Gasteiger partial charge is 0.370 e. The fourth-order valence-corrected chi connectivity index (χ4v) is 3.49. The molecular formula is C17H31NO2. The minimum absolute atomic E-state index is 0.00357. The summed E-state index contributed by atoms with van der Waals surface area (Å²) in [6.07, 6.45) is 17.2. The van der Waals surface area contributed by atoms with Crippen molar-refractivity contribution in [3.63, 3.8) is 0 Å². The molecule has 0 bridgehead atoms. The molecule has 0 aromatic carbocycles. The molecule has 0 spiro atoms. The lowest BCUT2D eigenvalue weighted by Gasteiger charge is -2.17. The van der Waals surface area contributed by atoms with E-state index in [4.69, 9.17) is 4.84 Å². The SMILES string of the molecule is O=C(ONC1CCCC1)C1CCCCCCCCCC1. The summed E-state index contributed by atoms with van der Waals surface area (Å²) >= 11 is 0. The van der Waals surface area contributed by atoms with Crippen molar-refractivity contribution in [2.75, 3.05) is 0 Å². The van der Waals surface area contributed by atoms with Crippen LogP contribution in [0.1, 0.15) is 89.9 Å². The minimum atomic E-state index is -0.00357. The van der Waals surface area contributed by atoms with E-state index < -0.39 is 0 Å². The molecule has 20 heavy (non-hydrogen) atoms. The van der Waals surface area contributed by atoms with E-state index in [-0.39, 0.29) is 11.9 Å². The molecular weight excluding hydrogens is 250 g/mol. The molecule has 1 N–H and O–H groups in total. The molecule has 0 heterocycles. The van der Waals surface area contributed by atoms with Crippen LogP contribution in [0.15, 0.2) is 0 Å². The highest BCUT2D eigenvalue weighted by atomic mass is 16.7. The molecule has 3 nitrogen and oxygen atoms in total. The van der Waals surface area contributed by atoms with E-state index in [1.165, 1.54) is 64.2 Å². The Morgan fingerprint density at radius 2 is 1.15 bits per heavy atom. The van der Waals surface area contributed by atoms with Gasteiger partial charge in [-0.15, -0.1) is 0 Å². The molecule has 0 aliphatic heterocycles. The molecule has 2 saturated carbocycles. The van der Waals surface area contributed by atoms with E-state index in [9.17, 15) is 4.79 Å². The lowest BCUT2D eigenvalue weighted by Crippen LogP contribution is -2.32. The quantitative estimate of drug-likeness (QED) is 0.774. The molecule has 0 saturated heterocycles. The van der Waals surface area contributed by atoms with Gasteiger partial charge in [0.1, 0.15) is 0 Å². The first-order valence-corrected chi connectivity index (χ1v) is 8.82. The van der Waals surface area contributed by atoms with E-state index >= 15 is 0 Å². The molecule has 0 unspecified atom stereocenters. The lowest BCUT2D eigenvalue weighted by molar-refractivity contribution is -0.158. The zero-order valence-corrected chi connectivity index (χ0v) is 12.9. The zero-order chi connectivity index (χ0) is 14.0. The van der Waals surface area contributed by atoms with Crippen LogP contribution in [0.3, 0.4) is 0 Å². The van der Waals surface area contributed by atoms with Crippen LogP contribution in [0.2, 0.25) is 0 Å². The van der Waals surface area contributed by atoms with Gasteiger partial charge < -0.3 is 4.84 Å². The zero-order valence-electron chi connectivity index (χ0n) is 12.9. The summed E-state index contributed by atoms with van der Waals surface area (Å²) in [5.41, 5.74) is 3.01. The van der Waals surface area contributed by atoms with Crippen LogP contribution in [0, 0.1) is 5.92 Å². The molecule has 0 amide bonds. The number of hydrogen-bond donors (Lipinski definition) is 1. The molecule has 2 aliphatic carbocycles. The number of hydrogen-bond acceptors (Lipinski definition) is 3. The van der Waals surface area contributed by atoms with Crippen LogP contribution in [0.4, 0.5) is 0 Å². The Balaban J connectivity index is 1.71. The van der Waals surface area contributed by atoms with E-state index in [2.05, 4.69) is 5.48 Å². The summed E-state index contributed by atoms with van der Waals surface area (Å²) in [4.78, 5) is 17.6. The molecule has 2 fully saturated rings. The van der Waals surface area contributed by atoms with Crippen LogP contribution in [0.25, 0.3) is 0 Å². The Morgan fingerprint density at radius 3 is 1.70 bits per heavy atom. The van der Waals surface area contributed by atoms with Crippen molar-refractivity contribution in [1.82, 2.24) is 5.48 Å². The fraction of sp³-hybridized carbons (Fsp3) is 0.941. The van der Waals surface area contributed by atoms with Gasteiger partial charge in [-0.05, 0) is 25.7 Å². The Labute approximate surface area is 123 Å². The van der Waals surface area contributed by atoms with Gasteiger partial charge in [-0.3, -0.25) is 4.79 Å². The van der Waals surface area contributed by atoms with Gasteiger partial charge in [0.15, 0.2) is 0 Å². The third-order valence-electron chi connectivity index (χ3n) is 4.87. The van der Waals surface area contributed by atoms with Crippen LogP contribution >= 0.6 is 0 Å². The topological polar surface area (TPSA) is 38.3 Å². The van der Waals surface area contributed by atoms with Gasteiger partial charge in [0.05, 0.1) is 5.92 Å². The monoisotopic (exact) mass is 281 g/mol. The van der Waals surface area contributed by atoms with Gasteiger partial charge in [-0.25, -0.2) is 0 Å². The van der Waals surface area contributed by atoms with E-state index in [0.717, 1.165) is 25.7 Å². The standard InChI is InChI=1S/C17H31NO2/c19-17(20-18-16-13-9-10-14-16)15-11-7-5-3-1-2-4-6-8-12-15/h15-16,18H,1-14H2. The average Bonchev–Trinajstić information content (AvgIpc) is 2.94. The second kappa shape index (κ2) is 9.38. The first-order valence-electron chi connectivity index (χ1n) is 8.82. The van der Waals surface area contributed by atoms with Gasteiger partial charge in [0.25, 0.3) is 0 Å². The molecule has 0 atom stereocenters. The number of rotatable bonds is 3. The third-order valence-corrected chi connectivity index (χ3v) is 4.87. The van der Waals surface area contributed by atoms with E-state index in [1.807, 2.05) is 0 Å². The van der Waals surface area contributed by atoms with Gasteiger partial charge in [0.2, 0.25) is 0 Å². The molecule has 3 heteroatoms. The molecule has 116 valence electrons. The molecule has 0 radical (unpaired) electrons. The van der Waals surface area contributed by atoms with E-state index in [1.54, 1.807) is 0 Å². The second-order valence-electron chi connectivity index (χ2n) is 6.62. The first kappa shape index (κ1) is 15.8. The third kappa shape index (κ3) is 5.82. The van der Waals surface area contributed by atoms with Crippen LogP contribution < -0.4 is 5.48 Å². The molecule has 0 aromatic rings. The van der Waals surface area contributed by atoms with Crippen LogP contribution in [-0.2, 0) is 9.63 Å². The highest BCUT2D eigenvalue weighted by molar-refractivity contribution is 5.72. The number of carbonyl (C=O) groups is 1. The highest BCUT2D eigenvalue weighted by Crippen LogP contribution is 2.23. The first-order chi connectivity index (χ1) is 9.86. The lowest BCUT2D eigenvalue weighted by atomic mass is 9.96. The van der Waals surface area contributed by atoms with Gasteiger partial charge >= 0.3 is 5.97 Å². The van der Waals surface area contributed by atoms with Crippen LogP contribution in [-0.4, -0.2) is 12.0 Å². The fourth-order valence-electron chi connectivity index (χ4n) is 3.49. The second-order valence-corrected chi connectivity index (χ2v) is 6.62. The maximum Gasteiger partial charge on any atom is 0.327 e. The predicted octanol–water partition coefficient (Wildman–Crippen LogP) is 4.51. The van der Waals surface area contributed by atoms with Crippen molar-refractivity contribution in [2.24, 2.45) is 5.92 Å². The number of nitrogens with one attached hydrogen (secondary N) is 1. The van der Waals surface area contributed by atoms with Crippen molar-refractivity contribution in [1.29, 1.82) is 0 Å². The average molecular weight is 281 g/mol. The van der Waals surface area contributed by atoms with Crippen molar-refractivity contribution in [3.05, 3.63) is 0 Å². The normalized spacial score (nSPS) is 24.2. The van der Waals surface area contributed by atoms with Crippen molar-refractivity contribution >= 4 is 5.97 Å². The summed E-state index contributed by atoms with van der Waals surface area (Å²) in [5, 5.41) is 0. The van der Waals surface area contributed by atoms with Gasteiger partial charge in [-0.2, -0.15) is 5.48 Å². The molecule has 2 aliphatic rings. The summed E-state index contributed by atoms with van der Waals surface area (Å²) in [7, 11) is 0. The number of hydroxylamine groups is 1. The Morgan fingerprint density at radius 1 is 0.700 bits per heavy atom. The smallest absolute Gasteiger partial charge is 0.327 e.